The van der Waals surface area contributed by atoms with Crippen LogP contribution in [-0.2, 0) is 14.8 Å². The highest BCUT2D eigenvalue weighted by atomic mass is 32.2. The molecule has 0 aliphatic carbocycles. The van der Waals surface area contributed by atoms with Crippen LogP contribution in [0.2, 0.25) is 0 Å². The smallest absolute Gasteiger partial charge is 0.264 e. The van der Waals surface area contributed by atoms with Gasteiger partial charge in [-0.15, -0.1) is 0 Å². The van der Waals surface area contributed by atoms with Crippen LogP contribution in [0.3, 0.4) is 0 Å². The number of ether oxygens (including phenoxy) is 4. The fraction of sp³-hybridized carbons (Fsp3) is 0.269. The number of nitrogens with zero attached hydrogens (tertiary/aromatic N) is 1. The minimum atomic E-state index is -4.12. The molecule has 36 heavy (non-hydrogen) atoms. The number of hydrogen-bond donors (Lipinski definition) is 1. The summed E-state index contributed by atoms with van der Waals surface area (Å²) in [5, 5.41) is 2.88. The zero-order valence-electron chi connectivity index (χ0n) is 20.3. The number of carbonyl (C=O) groups excluding carboxylic acids is 1. The Bertz CT molecular complexity index is 1330. The number of methoxy groups -OCH3 is 2. The average Bonchev–Trinajstić information content (AvgIpc) is 2.91. The van der Waals surface area contributed by atoms with Gasteiger partial charge in [0.1, 0.15) is 31.3 Å². The predicted octanol–water partition coefficient (Wildman–Crippen LogP) is 3.55. The van der Waals surface area contributed by atoms with E-state index in [1.807, 2.05) is 19.1 Å². The molecule has 1 amide bonds. The van der Waals surface area contributed by atoms with Gasteiger partial charge in [0.25, 0.3) is 10.0 Å². The highest BCUT2D eigenvalue weighted by Gasteiger charge is 2.30. The second-order valence-corrected chi connectivity index (χ2v) is 9.92. The molecule has 3 aromatic rings. The Labute approximate surface area is 210 Å². The van der Waals surface area contributed by atoms with Gasteiger partial charge in [-0.3, -0.25) is 9.10 Å². The number of fused-ring (bicyclic) bond motifs is 1. The summed E-state index contributed by atoms with van der Waals surface area (Å²) in [5.74, 6) is 1.46. The summed E-state index contributed by atoms with van der Waals surface area (Å²) >= 11 is 0. The molecule has 0 unspecified atom stereocenters. The second kappa shape index (κ2) is 10.8. The number of nitrogens with one attached hydrogen (secondary N) is 1. The molecule has 0 fully saturated rings. The van der Waals surface area contributed by atoms with Gasteiger partial charge in [-0.1, -0.05) is 24.3 Å². The van der Waals surface area contributed by atoms with E-state index >= 15 is 0 Å². The quantitative estimate of drug-likeness (QED) is 0.468. The lowest BCUT2D eigenvalue weighted by atomic mass is 10.1. The first kappa shape index (κ1) is 25.2. The molecule has 10 heteroatoms. The van der Waals surface area contributed by atoms with Crippen LogP contribution < -0.4 is 28.6 Å². The molecular formula is C26H28N2O7S. The molecule has 3 aromatic carbocycles. The number of amides is 1. The number of rotatable bonds is 9. The standard InChI is InChI=1S/C26H28N2O7S/c1-18(19-9-11-24-25(15-19)35-14-13-34-24)27-26(29)17-28(36(30,31)21-7-5-4-6-8-21)22-16-20(32-2)10-12-23(22)33-3/h4-12,15-16,18H,13-14,17H2,1-3H3,(H,27,29)/t18-/m1/s1. The summed E-state index contributed by atoms with van der Waals surface area (Å²) in [6.07, 6.45) is 0. The second-order valence-electron chi connectivity index (χ2n) is 8.05. The summed E-state index contributed by atoms with van der Waals surface area (Å²) in [6, 6.07) is 17.7. The van der Waals surface area contributed by atoms with E-state index < -0.39 is 28.5 Å². The minimum Gasteiger partial charge on any atom is -0.497 e. The molecule has 1 atom stereocenters. The molecule has 9 nitrogen and oxygen atoms in total. The fourth-order valence-electron chi connectivity index (χ4n) is 3.84. The Kier molecular flexibility index (Phi) is 7.54. The molecule has 0 saturated carbocycles. The highest BCUT2D eigenvalue weighted by Crippen LogP contribution is 2.36. The lowest BCUT2D eigenvalue weighted by Gasteiger charge is -2.27. The summed E-state index contributed by atoms with van der Waals surface area (Å²) in [5.41, 5.74) is 0.979. The Balaban J connectivity index is 1.64. The zero-order chi connectivity index (χ0) is 25.7. The molecule has 0 saturated heterocycles. The van der Waals surface area contributed by atoms with Crippen molar-refractivity contribution in [2.24, 2.45) is 0 Å². The molecule has 190 valence electrons. The third kappa shape index (κ3) is 5.33. The van der Waals surface area contributed by atoms with Crippen molar-refractivity contribution in [1.82, 2.24) is 5.32 Å². The monoisotopic (exact) mass is 512 g/mol. The molecule has 0 radical (unpaired) electrons. The first-order valence-corrected chi connectivity index (χ1v) is 12.8. The Morgan fingerprint density at radius 2 is 1.69 bits per heavy atom. The van der Waals surface area contributed by atoms with Crippen molar-refractivity contribution in [2.45, 2.75) is 17.9 Å². The number of hydrogen-bond acceptors (Lipinski definition) is 7. The number of anilines is 1. The van der Waals surface area contributed by atoms with Crippen LogP contribution >= 0.6 is 0 Å². The third-order valence-electron chi connectivity index (χ3n) is 5.72. The largest absolute Gasteiger partial charge is 0.497 e. The van der Waals surface area contributed by atoms with E-state index in [1.54, 1.807) is 36.4 Å². The van der Waals surface area contributed by atoms with Gasteiger partial charge in [-0.25, -0.2) is 8.42 Å². The van der Waals surface area contributed by atoms with E-state index in [4.69, 9.17) is 18.9 Å². The SMILES string of the molecule is COc1ccc(OC)c(N(CC(=O)N[C@H](C)c2ccc3c(c2)OCCO3)S(=O)(=O)c2ccccc2)c1. The van der Waals surface area contributed by atoms with Crippen molar-refractivity contribution < 1.29 is 32.2 Å². The van der Waals surface area contributed by atoms with Gasteiger partial charge in [0, 0.05) is 6.07 Å². The van der Waals surface area contributed by atoms with Gasteiger partial charge in [-0.2, -0.15) is 0 Å². The highest BCUT2D eigenvalue weighted by molar-refractivity contribution is 7.92. The molecule has 1 heterocycles. The number of carbonyl (C=O) groups is 1. The maximum Gasteiger partial charge on any atom is 0.264 e. The van der Waals surface area contributed by atoms with Crippen LogP contribution in [0.4, 0.5) is 5.69 Å². The van der Waals surface area contributed by atoms with E-state index in [0.29, 0.717) is 30.5 Å². The molecule has 0 spiro atoms. The third-order valence-corrected chi connectivity index (χ3v) is 7.49. The predicted molar refractivity (Wildman–Crippen MR) is 135 cm³/mol. The van der Waals surface area contributed by atoms with Crippen LogP contribution in [0.15, 0.2) is 71.6 Å². The lowest BCUT2D eigenvalue weighted by molar-refractivity contribution is -0.120. The summed E-state index contributed by atoms with van der Waals surface area (Å²) in [7, 11) is -1.21. The van der Waals surface area contributed by atoms with E-state index in [2.05, 4.69) is 5.32 Å². The number of sulfonamides is 1. The van der Waals surface area contributed by atoms with Crippen molar-refractivity contribution in [1.29, 1.82) is 0 Å². The van der Waals surface area contributed by atoms with Crippen LogP contribution in [-0.4, -0.2) is 48.3 Å². The molecule has 0 bridgehead atoms. The molecule has 1 aliphatic heterocycles. The summed E-state index contributed by atoms with van der Waals surface area (Å²) in [6.45, 7) is 2.27. The van der Waals surface area contributed by atoms with Crippen molar-refractivity contribution in [3.8, 4) is 23.0 Å². The van der Waals surface area contributed by atoms with Crippen LogP contribution in [0, 0.1) is 0 Å². The van der Waals surface area contributed by atoms with Gasteiger partial charge >= 0.3 is 0 Å². The molecule has 1 aliphatic rings. The average molecular weight is 513 g/mol. The summed E-state index contributed by atoms with van der Waals surface area (Å²) in [4.78, 5) is 13.2. The van der Waals surface area contributed by atoms with Gasteiger partial charge < -0.3 is 24.3 Å². The fourth-order valence-corrected chi connectivity index (χ4v) is 5.29. The Morgan fingerprint density at radius 3 is 2.39 bits per heavy atom. The van der Waals surface area contributed by atoms with Gasteiger partial charge in [-0.05, 0) is 48.9 Å². The van der Waals surface area contributed by atoms with E-state index in [-0.39, 0.29) is 16.3 Å². The Hall–Kier alpha value is -3.92. The van der Waals surface area contributed by atoms with Crippen molar-refractivity contribution in [3.05, 3.63) is 72.3 Å². The van der Waals surface area contributed by atoms with Crippen molar-refractivity contribution >= 4 is 21.6 Å². The Morgan fingerprint density at radius 1 is 0.972 bits per heavy atom. The van der Waals surface area contributed by atoms with E-state index in [1.165, 1.54) is 32.4 Å². The van der Waals surface area contributed by atoms with Crippen LogP contribution in [0.1, 0.15) is 18.5 Å². The first-order valence-electron chi connectivity index (χ1n) is 11.3. The normalized spacial score (nSPS) is 13.4. The van der Waals surface area contributed by atoms with Gasteiger partial charge in [0.05, 0.1) is 30.8 Å². The molecule has 1 N–H and O–H groups in total. The van der Waals surface area contributed by atoms with Crippen molar-refractivity contribution in [3.63, 3.8) is 0 Å². The van der Waals surface area contributed by atoms with Crippen LogP contribution in [0.5, 0.6) is 23.0 Å². The maximum atomic E-state index is 13.7. The van der Waals surface area contributed by atoms with Crippen molar-refractivity contribution in [2.75, 3.05) is 38.3 Å². The topological polar surface area (TPSA) is 103 Å². The molecule has 4 rings (SSSR count). The molecular weight excluding hydrogens is 484 g/mol. The number of benzene rings is 3. The zero-order valence-corrected chi connectivity index (χ0v) is 21.1. The first-order chi connectivity index (χ1) is 17.3. The van der Waals surface area contributed by atoms with E-state index in [9.17, 15) is 13.2 Å². The van der Waals surface area contributed by atoms with Gasteiger partial charge in [0.15, 0.2) is 11.5 Å². The maximum absolute atomic E-state index is 13.7. The lowest BCUT2D eigenvalue weighted by Crippen LogP contribution is -2.41. The van der Waals surface area contributed by atoms with Crippen LogP contribution in [0.25, 0.3) is 0 Å². The summed E-state index contributed by atoms with van der Waals surface area (Å²) < 4.78 is 50.3. The van der Waals surface area contributed by atoms with E-state index in [0.717, 1.165) is 9.87 Å². The molecule has 0 aromatic heterocycles. The van der Waals surface area contributed by atoms with Gasteiger partial charge in [0.2, 0.25) is 5.91 Å². The minimum absolute atomic E-state index is 0.0440.